The number of pyridine rings is 1. The van der Waals surface area contributed by atoms with Gasteiger partial charge in [-0.05, 0) is 73.8 Å². The first-order chi connectivity index (χ1) is 14.7. The molecule has 1 aliphatic rings. The molecule has 154 valence electrons. The third-order valence-electron chi connectivity index (χ3n) is 6.51. The molecule has 0 unspecified atom stereocenters. The van der Waals surface area contributed by atoms with Crippen molar-refractivity contribution in [3.05, 3.63) is 65.5 Å². The summed E-state index contributed by atoms with van der Waals surface area (Å²) in [6.07, 6.45) is 5.10. The summed E-state index contributed by atoms with van der Waals surface area (Å²) in [5.41, 5.74) is 6.86. The van der Waals surface area contributed by atoms with Gasteiger partial charge in [-0.3, -0.25) is 4.79 Å². The molecule has 5 rings (SSSR count). The number of rotatable bonds is 6. The fourth-order valence-electron chi connectivity index (χ4n) is 5.08. The SMILES string of the molecule is CCc1c(-c2cccc(F)c2)c2c(C(=O)CCN3CCCCC3)cc3cccc1n32. The Labute approximate surface area is 176 Å². The number of carbonyl (C=O) groups is 1. The van der Waals surface area contributed by atoms with E-state index in [1.165, 1.54) is 30.9 Å². The van der Waals surface area contributed by atoms with Gasteiger partial charge in [0.2, 0.25) is 0 Å². The second-order valence-electron chi connectivity index (χ2n) is 8.37. The van der Waals surface area contributed by atoms with Crippen LogP contribution in [-0.4, -0.2) is 34.7 Å². The van der Waals surface area contributed by atoms with E-state index in [9.17, 15) is 9.18 Å². The number of nitrogens with zero attached hydrogens (tertiary/aromatic N) is 2. The molecule has 1 aliphatic heterocycles. The summed E-state index contributed by atoms with van der Waals surface area (Å²) in [6, 6.07) is 15.0. The van der Waals surface area contributed by atoms with Crippen LogP contribution in [0.2, 0.25) is 0 Å². The first kappa shape index (κ1) is 19.3. The summed E-state index contributed by atoms with van der Waals surface area (Å²) < 4.78 is 16.3. The quantitative estimate of drug-likeness (QED) is 0.372. The van der Waals surface area contributed by atoms with E-state index in [1.807, 2.05) is 18.2 Å². The van der Waals surface area contributed by atoms with E-state index in [4.69, 9.17) is 0 Å². The molecule has 0 saturated carbocycles. The van der Waals surface area contributed by atoms with Crippen LogP contribution in [0.25, 0.3) is 27.7 Å². The van der Waals surface area contributed by atoms with E-state index in [0.717, 1.165) is 59.3 Å². The molecule has 0 N–H and O–H groups in total. The highest BCUT2D eigenvalue weighted by molar-refractivity contribution is 6.11. The van der Waals surface area contributed by atoms with Gasteiger partial charge in [-0.2, -0.15) is 0 Å². The van der Waals surface area contributed by atoms with Crippen LogP contribution >= 0.6 is 0 Å². The van der Waals surface area contributed by atoms with Gasteiger partial charge in [0, 0.05) is 29.6 Å². The molecule has 3 aromatic heterocycles. The molecule has 1 aromatic carbocycles. The summed E-state index contributed by atoms with van der Waals surface area (Å²) >= 11 is 0. The van der Waals surface area contributed by atoms with Gasteiger partial charge in [-0.25, -0.2) is 4.39 Å². The number of aromatic nitrogens is 1. The number of benzene rings is 1. The number of likely N-dealkylation sites (tertiary alicyclic amines) is 1. The highest BCUT2D eigenvalue weighted by Gasteiger charge is 2.24. The highest BCUT2D eigenvalue weighted by atomic mass is 19.1. The minimum absolute atomic E-state index is 0.177. The zero-order valence-corrected chi connectivity index (χ0v) is 17.5. The van der Waals surface area contributed by atoms with Crippen LogP contribution in [0, 0.1) is 5.82 Å². The molecule has 0 aliphatic carbocycles. The molecule has 3 nitrogen and oxygen atoms in total. The summed E-state index contributed by atoms with van der Waals surface area (Å²) in [5.74, 6) is -0.0753. The number of halogens is 1. The summed E-state index contributed by atoms with van der Waals surface area (Å²) in [6.45, 7) is 5.13. The van der Waals surface area contributed by atoms with E-state index in [1.54, 1.807) is 12.1 Å². The van der Waals surface area contributed by atoms with Crippen LogP contribution in [0.15, 0.2) is 48.5 Å². The molecule has 1 fully saturated rings. The number of carbonyl (C=O) groups excluding carboxylic acids is 1. The van der Waals surface area contributed by atoms with Crippen molar-refractivity contribution in [3.63, 3.8) is 0 Å². The molecule has 0 spiro atoms. The normalized spacial score (nSPS) is 15.4. The highest BCUT2D eigenvalue weighted by Crippen LogP contribution is 2.39. The van der Waals surface area contributed by atoms with Crippen LogP contribution in [0.3, 0.4) is 0 Å². The first-order valence-electron chi connectivity index (χ1n) is 11.1. The van der Waals surface area contributed by atoms with Crippen molar-refractivity contribution >= 4 is 22.3 Å². The Morgan fingerprint density at radius 1 is 1.03 bits per heavy atom. The molecule has 4 heterocycles. The maximum atomic E-state index is 14.1. The van der Waals surface area contributed by atoms with Crippen LogP contribution < -0.4 is 0 Å². The number of ketones is 1. The Bertz CT molecular complexity index is 1200. The van der Waals surface area contributed by atoms with E-state index >= 15 is 0 Å². The molecule has 0 bridgehead atoms. The van der Waals surface area contributed by atoms with Crippen molar-refractivity contribution in [1.82, 2.24) is 9.30 Å². The topological polar surface area (TPSA) is 24.7 Å². The lowest BCUT2D eigenvalue weighted by Crippen LogP contribution is -2.31. The molecule has 0 amide bonds. The number of piperidine rings is 1. The van der Waals surface area contributed by atoms with E-state index in [2.05, 4.69) is 28.4 Å². The Morgan fingerprint density at radius 3 is 2.60 bits per heavy atom. The molecular weight excluding hydrogens is 375 g/mol. The van der Waals surface area contributed by atoms with E-state index in [0.29, 0.717) is 6.42 Å². The first-order valence-corrected chi connectivity index (χ1v) is 11.1. The largest absolute Gasteiger partial charge is 0.309 e. The number of hydrogen-bond donors (Lipinski definition) is 0. The molecule has 0 radical (unpaired) electrons. The van der Waals surface area contributed by atoms with Gasteiger partial charge in [0.15, 0.2) is 5.78 Å². The second kappa shape index (κ2) is 7.84. The van der Waals surface area contributed by atoms with Gasteiger partial charge in [0.25, 0.3) is 0 Å². The lowest BCUT2D eigenvalue weighted by molar-refractivity contribution is 0.0960. The monoisotopic (exact) mass is 402 g/mol. The van der Waals surface area contributed by atoms with Crippen LogP contribution in [0.1, 0.15) is 48.5 Å². The summed E-state index contributed by atoms with van der Waals surface area (Å²) in [7, 11) is 0. The smallest absolute Gasteiger partial charge is 0.166 e. The third-order valence-corrected chi connectivity index (χ3v) is 6.51. The molecule has 30 heavy (non-hydrogen) atoms. The molecule has 4 aromatic rings. The average molecular weight is 403 g/mol. The average Bonchev–Trinajstić information content (AvgIpc) is 3.32. The lowest BCUT2D eigenvalue weighted by atomic mass is 9.96. The number of hydrogen-bond acceptors (Lipinski definition) is 2. The Morgan fingerprint density at radius 2 is 1.83 bits per heavy atom. The predicted octanol–water partition coefficient (Wildman–Crippen LogP) is 5.96. The Kier molecular flexibility index (Phi) is 5.03. The van der Waals surface area contributed by atoms with Crippen molar-refractivity contribution < 1.29 is 9.18 Å². The minimum Gasteiger partial charge on any atom is -0.309 e. The fourth-order valence-corrected chi connectivity index (χ4v) is 5.08. The van der Waals surface area contributed by atoms with E-state index < -0.39 is 0 Å². The van der Waals surface area contributed by atoms with Crippen molar-refractivity contribution in [2.45, 2.75) is 39.0 Å². The standard InChI is InChI=1S/C26H27FN2O/c1-2-21-23-11-7-10-20-17-22(24(30)12-15-28-13-4-3-5-14-28)26(29(20)23)25(21)18-8-6-9-19(27)16-18/h6-11,16-17H,2-5,12-15H2,1H3. The van der Waals surface area contributed by atoms with Gasteiger partial charge in [-0.1, -0.05) is 31.5 Å². The van der Waals surface area contributed by atoms with Crippen molar-refractivity contribution in [3.8, 4) is 11.1 Å². The minimum atomic E-state index is -0.253. The van der Waals surface area contributed by atoms with Gasteiger partial charge in [0.1, 0.15) is 5.82 Å². The van der Waals surface area contributed by atoms with Crippen LogP contribution in [-0.2, 0) is 6.42 Å². The number of Topliss-reactive ketones (excluding diaryl/α,β-unsaturated/α-hetero) is 1. The van der Waals surface area contributed by atoms with Crippen molar-refractivity contribution in [2.75, 3.05) is 19.6 Å². The van der Waals surface area contributed by atoms with E-state index in [-0.39, 0.29) is 11.6 Å². The Balaban J connectivity index is 1.63. The predicted molar refractivity (Wildman–Crippen MR) is 120 cm³/mol. The Hall–Kier alpha value is -2.72. The molecule has 4 heteroatoms. The van der Waals surface area contributed by atoms with Gasteiger partial charge >= 0.3 is 0 Å². The second-order valence-corrected chi connectivity index (χ2v) is 8.37. The maximum absolute atomic E-state index is 14.1. The van der Waals surface area contributed by atoms with Gasteiger partial charge < -0.3 is 9.30 Å². The van der Waals surface area contributed by atoms with Crippen LogP contribution in [0.5, 0.6) is 0 Å². The zero-order valence-electron chi connectivity index (χ0n) is 17.5. The van der Waals surface area contributed by atoms with Crippen LogP contribution in [0.4, 0.5) is 4.39 Å². The van der Waals surface area contributed by atoms with Crippen molar-refractivity contribution in [1.29, 1.82) is 0 Å². The zero-order chi connectivity index (χ0) is 20.7. The number of aryl methyl sites for hydroxylation is 1. The van der Waals surface area contributed by atoms with Gasteiger partial charge in [-0.15, -0.1) is 0 Å². The lowest BCUT2D eigenvalue weighted by Gasteiger charge is -2.25. The molecule has 0 atom stereocenters. The summed E-state index contributed by atoms with van der Waals surface area (Å²) in [4.78, 5) is 15.8. The maximum Gasteiger partial charge on any atom is 0.166 e. The third kappa shape index (κ3) is 3.20. The van der Waals surface area contributed by atoms with Gasteiger partial charge in [0.05, 0.1) is 11.0 Å². The molecule has 1 saturated heterocycles. The van der Waals surface area contributed by atoms with Crippen molar-refractivity contribution in [2.24, 2.45) is 0 Å². The fraction of sp³-hybridized carbons (Fsp3) is 0.346. The summed E-state index contributed by atoms with van der Waals surface area (Å²) in [5, 5.41) is 0. The molecular formula is C26H27FN2O.